The molecule has 2 nitrogen and oxygen atoms in total. The summed E-state index contributed by atoms with van der Waals surface area (Å²) in [7, 11) is 0. The molecule has 1 rings (SSSR count). The maximum Gasteiger partial charge on any atom is 0.0434 e. The molecule has 72 valence electrons. The van der Waals surface area contributed by atoms with Gasteiger partial charge in [0.2, 0.25) is 0 Å². The maximum absolute atomic E-state index is 8.89. The van der Waals surface area contributed by atoms with Crippen molar-refractivity contribution in [2.75, 3.05) is 13.2 Å². The van der Waals surface area contributed by atoms with Gasteiger partial charge in [-0.15, -0.1) is 0 Å². The van der Waals surface area contributed by atoms with Crippen molar-refractivity contribution in [1.29, 1.82) is 0 Å². The van der Waals surface area contributed by atoms with E-state index in [0.717, 1.165) is 13.0 Å². The number of hydrogen-bond acceptors (Lipinski definition) is 2. The van der Waals surface area contributed by atoms with Gasteiger partial charge in [-0.3, -0.25) is 0 Å². The molecule has 0 aromatic heterocycles. The van der Waals surface area contributed by atoms with Crippen molar-refractivity contribution >= 4 is 0 Å². The lowest BCUT2D eigenvalue weighted by Crippen LogP contribution is -2.45. The fraction of sp³-hybridized carbons (Fsp3) is 1.00. The lowest BCUT2D eigenvalue weighted by molar-refractivity contribution is 0.174. The van der Waals surface area contributed by atoms with E-state index in [4.69, 9.17) is 5.11 Å². The molecule has 1 fully saturated rings. The Labute approximate surface area is 75.4 Å². The first kappa shape index (κ1) is 10.0. The summed E-state index contributed by atoms with van der Waals surface area (Å²) in [5.41, 5.74) is 0. The predicted molar refractivity (Wildman–Crippen MR) is 51.1 cm³/mol. The lowest BCUT2D eigenvalue weighted by atomic mass is 9.82. The number of nitrogens with one attached hydrogen (secondary N) is 1. The number of aliphatic hydroxyl groups excluding tert-OH is 1. The fourth-order valence-corrected chi connectivity index (χ4v) is 2.25. The number of aliphatic hydroxyl groups is 1. The second kappa shape index (κ2) is 4.83. The summed E-state index contributed by atoms with van der Waals surface area (Å²) in [6, 6.07) is 0.630. The number of rotatable bonds is 3. The van der Waals surface area contributed by atoms with Gasteiger partial charge in [-0.1, -0.05) is 13.8 Å². The molecular weight excluding hydrogens is 150 g/mol. The normalized spacial score (nSPS) is 31.0. The first-order valence-corrected chi connectivity index (χ1v) is 5.10. The Morgan fingerprint density at radius 2 is 2.25 bits per heavy atom. The second-order valence-corrected chi connectivity index (χ2v) is 4.14. The Bertz CT molecular complexity index is 123. The summed E-state index contributed by atoms with van der Waals surface area (Å²) >= 11 is 0. The molecule has 1 aliphatic heterocycles. The van der Waals surface area contributed by atoms with E-state index in [1.54, 1.807) is 0 Å². The van der Waals surface area contributed by atoms with E-state index in [2.05, 4.69) is 19.2 Å². The Balaban J connectivity index is 2.42. The third-order valence-electron chi connectivity index (χ3n) is 2.86. The molecule has 0 bridgehead atoms. The summed E-state index contributed by atoms with van der Waals surface area (Å²) in [5.74, 6) is 1.39. The van der Waals surface area contributed by atoms with E-state index in [1.807, 2.05) is 0 Å². The molecule has 0 radical (unpaired) electrons. The second-order valence-electron chi connectivity index (χ2n) is 4.14. The van der Waals surface area contributed by atoms with Gasteiger partial charge in [-0.05, 0) is 37.6 Å². The summed E-state index contributed by atoms with van der Waals surface area (Å²) in [4.78, 5) is 0. The topological polar surface area (TPSA) is 32.3 Å². The highest BCUT2D eigenvalue weighted by atomic mass is 16.3. The van der Waals surface area contributed by atoms with Gasteiger partial charge in [-0.2, -0.15) is 0 Å². The van der Waals surface area contributed by atoms with Crippen molar-refractivity contribution in [3.8, 4) is 0 Å². The van der Waals surface area contributed by atoms with Crippen LogP contribution in [-0.4, -0.2) is 24.3 Å². The zero-order valence-electron chi connectivity index (χ0n) is 8.21. The molecule has 2 heteroatoms. The van der Waals surface area contributed by atoms with Crippen molar-refractivity contribution in [1.82, 2.24) is 5.32 Å². The predicted octanol–water partition coefficient (Wildman–Crippen LogP) is 1.39. The highest BCUT2D eigenvalue weighted by molar-refractivity contribution is 4.83. The standard InChI is InChI=1S/C10H21NO/c1-8(2)10-9(5-7-12)4-3-6-11-10/h8-12H,3-7H2,1-2H3/t9-,10-/m1/s1. The lowest BCUT2D eigenvalue weighted by Gasteiger charge is -2.35. The molecule has 12 heavy (non-hydrogen) atoms. The van der Waals surface area contributed by atoms with Crippen LogP contribution in [0.1, 0.15) is 33.1 Å². The van der Waals surface area contributed by atoms with Crippen molar-refractivity contribution in [3.05, 3.63) is 0 Å². The number of hydrogen-bond donors (Lipinski definition) is 2. The third-order valence-corrected chi connectivity index (χ3v) is 2.86. The minimum absolute atomic E-state index is 0.343. The molecule has 1 heterocycles. The average molecular weight is 171 g/mol. The van der Waals surface area contributed by atoms with Crippen LogP contribution in [0.25, 0.3) is 0 Å². The first-order valence-electron chi connectivity index (χ1n) is 5.10. The molecule has 0 unspecified atom stereocenters. The van der Waals surface area contributed by atoms with Gasteiger partial charge >= 0.3 is 0 Å². The van der Waals surface area contributed by atoms with Crippen LogP contribution in [0, 0.1) is 11.8 Å². The summed E-state index contributed by atoms with van der Waals surface area (Å²) in [5, 5.41) is 12.4. The zero-order valence-corrected chi connectivity index (χ0v) is 8.21. The largest absolute Gasteiger partial charge is 0.396 e. The van der Waals surface area contributed by atoms with E-state index in [0.29, 0.717) is 24.5 Å². The third kappa shape index (κ3) is 2.46. The summed E-state index contributed by atoms with van der Waals surface area (Å²) in [6.45, 7) is 6.01. The monoisotopic (exact) mass is 171 g/mol. The SMILES string of the molecule is CC(C)[C@H]1NCCC[C@@H]1CCO. The first-order chi connectivity index (χ1) is 5.75. The van der Waals surface area contributed by atoms with Crippen LogP contribution in [0.4, 0.5) is 0 Å². The quantitative estimate of drug-likeness (QED) is 0.672. The maximum atomic E-state index is 8.89. The molecule has 0 spiro atoms. The highest BCUT2D eigenvalue weighted by Crippen LogP contribution is 2.24. The molecule has 1 saturated heterocycles. The molecule has 0 aromatic rings. The Morgan fingerprint density at radius 1 is 1.50 bits per heavy atom. The van der Waals surface area contributed by atoms with Gasteiger partial charge < -0.3 is 10.4 Å². The van der Waals surface area contributed by atoms with Crippen LogP contribution in [0.3, 0.4) is 0 Å². The molecular formula is C10H21NO. The molecule has 0 aromatic carbocycles. The van der Waals surface area contributed by atoms with Gasteiger partial charge in [0, 0.05) is 12.6 Å². The number of piperidine rings is 1. The van der Waals surface area contributed by atoms with Crippen LogP contribution < -0.4 is 5.32 Å². The van der Waals surface area contributed by atoms with Crippen LogP contribution in [-0.2, 0) is 0 Å². The molecule has 0 amide bonds. The Morgan fingerprint density at radius 3 is 2.83 bits per heavy atom. The van der Waals surface area contributed by atoms with Crippen molar-refractivity contribution < 1.29 is 5.11 Å². The van der Waals surface area contributed by atoms with Gasteiger partial charge in [-0.25, -0.2) is 0 Å². The zero-order chi connectivity index (χ0) is 8.97. The summed E-state index contributed by atoms with van der Waals surface area (Å²) < 4.78 is 0. The Kier molecular flexibility index (Phi) is 4.02. The van der Waals surface area contributed by atoms with Crippen molar-refractivity contribution in [2.45, 2.75) is 39.2 Å². The fourth-order valence-electron chi connectivity index (χ4n) is 2.25. The van der Waals surface area contributed by atoms with Crippen LogP contribution in [0.15, 0.2) is 0 Å². The van der Waals surface area contributed by atoms with Crippen LogP contribution in [0.5, 0.6) is 0 Å². The average Bonchev–Trinajstić information content (AvgIpc) is 2.05. The Hall–Kier alpha value is -0.0800. The van der Waals surface area contributed by atoms with Crippen LogP contribution >= 0.6 is 0 Å². The van der Waals surface area contributed by atoms with Crippen molar-refractivity contribution in [3.63, 3.8) is 0 Å². The van der Waals surface area contributed by atoms with Gasteiger partial charge in [0.15, 0.2) is 0 Å². The molecule has 1 aliphatic rings. The minimum Gasteiger partial charge on any atom is -0.396 e. The van der Waals surface area contributed by atoms with Gasteiger partial charge in [0.1, 0.15) is 0 Å². The molecule has 2 atom stereocenters. The van der Waals surface area contributed by atoms with E-state index in [9.17, 15) is 0 Å². The summed E-state index contributed by atoms with van der Waals surface area (Å²) in [6.07, 6.45) is 3.53. The smallest absolute Gasteiger partial charge is 0.0434 e. The van der Waals surface area contributed by atoms with E-state index in [-0.39, 0.29) is 0 Å². The minimum atomic E-state index is 0.343. The van der Waals surface area contributed by atoms with Crippen LogP contribution in [0.2, 0.25) is 0 Å². The van der Waals surface area contributed by atoms with Gasteiger partial charge in [0.25, 0.3) is 0 Å². The van der Waals surface area contributed by atoms with Crippen molar-refractivity contribution in [2.24, 2.45) is 11.8 Å². The highest BCUT2D eigenvalue weighted by Gasteiger charge is 2.26. The molecule has 2 N–H and O–H groups in total. The molecule has 0 aliphatic carbocycles. The molecule has 0 saturated carbocycles. The van der Waals surface area contributed by atoms with E-state index in [1.165, 1.54) is 12.8 Å². The van der Waals surface area contributed by atoms with E-state index < -0.39 is 0 Å². The van der Waals surface area contributed by atoms with E-state index >= 15 is 0 Å². The van der Waals surface area contributed by atoms with Gasteiger partial charge in [0.05, 0.1) is 0 Å².